The number of carbonyl (C=O) groups excluding carboxylic acids is 1. The van der Waals surface area contributed by atoms with Crippen molar-refractivity contribution in [3.63, 3.8) is 0 Å². The number of nitrogens with zero attached hydrogens (tertiary/aromatic N) is 4. The monoisotopic (exact) mass is 454 g/mol. The summed E-state index contributed by atoms with van der Waals surface area (Å²) >= 11 is 12.5. The maximum atomic E-state index is 13.8. The Balaban J connectivity index is 1.62. The third-order valence-corrected chi connectivity index (χ3v) is 6.43. The summed E-state index contributed by atoms with van der Waals surface area (Å²) < 4.78 is 0. The number of aromatic nitrogens is 3. The number of aryl methyl sites for hydroxylation is 1. The van der Waals surface area contributed by atoms with Crippen LogP contribution in [0.25, 0.3) is 11.4 Å². The van der Waals surface area contributed by atoms with Gasteiger partial charge in [0.05, 0.1) is 15.6 Å². The zero-order valence-electron chi connectivity index (χ0n) is 17.3. The van der Waals surface area contributed by atoms with Crippen LogP contribution in [0.3, 0.4) is 0 Å². The number of carbonyl (C=O) groups is 1. The van der Waals surface area contributed by atoms with E-state index in [9.17, 15) is 4.79 Å². The van der Waals surface area contributed by atoms with Gasteiger partial charge in [-0.2, -0.15) is 0 Å². The van der Waals surface area contributed by atoms with Crippen LogP contribution in [0.1, 0.15) is 42.2 Å². The molecule has 4 rings (SSSR count). The molecule has 2 atom stereocenters. The first-order chi connectivity index (χ1) is 15.0. The Hall–Kier alpha value is -2.50. The fourth-order valence-corrected chi connectivity index (χ4v) is 4.67. The largest absolute Gasteiger partial charge is 0.335 e. The second-order valence-electron chi connectivity index (χ2n) is 7.93. The lowest BCUT2D eigenvalue weighted by Crippen LogP contribution is -2.48. The quantitative estimate of drug-likeness (QED) is 0.494. The van der Waals surface area contributed by atoms with E-state index in [-0.39, 0.29) is 11.9 Å². The number of halogens is 2. The number of pyridine rings is 1. The minimum absolute atomic E-state index is 0.0614. The molecular formula is C24H24Cl2N4O. The first-order valence-electron chi connectivity index (χ1n) is 10.5. The Bertz CT molecular complexity index is 1040. The van der Waals surface area contributed by atoms with Gasteiger partial charge in [-0.1, -0.05) is 42.3 Å². The topological polar surface area (TPSA) is 59.0 Å². The average molecular weight is 455 g/mol. The van der Waals surface area contributed by atoms with Crippen molar-refractivity contribution < 1.29 is 4.79 Å². The van der Waals surface area contributed by atoms with Gasteiger partial charge in [-0.05, 0) is 55.9 Å². The predicted molar refractivity (Wildman–Crippen MR) is 123 cm³/mol. The van der Waals surface area contributed by atoms with Crippen molar-refractivity contribution in [2.45, 2.75) is 38.6 Å². The predicted octanol–water partition coefficient (Wildman–Crippen LogP) is 5.72. The van der Waals surface area contributed by atoms with E-state index < -0.39 is 0 Å². The van der Waals surface area contributed by atoms with Crippen LogP contribution in [0, 0.1) is 5.92 Å². The maximum Gasteiger partial charge on any atom is 0.256 e. The minimum atomic E-state index is -0.0614. The van der Waals surface area contributed by atoms with Gasteiger partial charge < -0.3 is 4.90 Å². The van der Waals surface area contributed by atoms with Crippen LogP contribution in [0.2, 0.25) is 10.0 Å². The Morgan fingerprint density at radius 1 is 1.10 bits per heavy atom. The Morgan fingerprint density at radius 2 is 1.90 bits per heavy atom. The van der Waals surface area contributed by atoms with Gasteiger partial charge in [-0.3, -0.25) is 9.78 Å². The molecule has 0 spiro atoms. The summed E-state index contributed by atoms with van der Waals surface area (Å²) in [5, 5.41) is 1.05. The molecule has 1 aromatic carbocycles. The molecule has 0 bridgehead atoms. The zero-order chi connectivity index (χ0) is 21.8. The number of hydrogen-bond acceptors (Lipinski definition) is 4. The molecule has 1 amide bonds. The van der Waals surface area contributed by atoms with Crippen LogP contribution in [-0.4, -0.2) is 38.3 Å². The van der Waals surface area contributed by atoms with E-state index >= 15 is 0 Å². The molecule has 0 radical (unpaired) electrons. The van der Waals surface area contributed by atoms with Gasteiger partial charge in [0.2, 0.25) is 0 Å². The smallest absolute Gasteiger partial charge is 0.256 e. The Labute approximate surface area is 192 Å². The first-order valence-corrected chi connectivity index (χ1v) is 11.3. The van der Waals surface area contributed by atoms with Gasteiger partial charge in [0.25, 0.3) is 5.91 Å². The van der Waals surface area contributed by atoms with E-state index in [1.54, 1.807) is 30.7 Å². The molecule has 3 heterocycles. The van der Waals surface area contributed by atoms with Crippen molar-refractivity contribution in [2.75, 3.05) is 6.54 Å². The highest BCUT2D eigenvalue weighted by Crippen LogP contribution is 2.33. The molecule has 7 heteroatoms. The highest BCUT2D eigenvalue weighted by atomic mass is 35.5. The van der Waals surface area contributed by atoms with Crippen molar-refractivity contribution in [3.8, 4) is 11.4 Å². The normalized spacial score (nSPS) is 18.7. The summed E-state index contributed by atoms with van der Waals surface area (Å²) in [6, 6.07) is 11.1. The summed E-state index contributed by atoms with van der Waals surface area (Å²) in [5.74, 6) is 0.831. The lowest BCUT2D eigenvalue weighted by atomic mass is 9.86. The van der Waals surface area contributed by atoms with Gasteiger partial charge in [0, 0.05) is 42.4 Å². The number of hydrogen-bond donors (Lipinski definition) is 0. The molecule has 1 saturated heterocycles. The highest BCUT2D eigenvalue weighted by molar-refractivity contribution is 6.34. The van der Waals surface area contributed by atoms with E-state index in [1.807, 2.05) is 29.2 Å². The Kier molecular flexibility index (Phi) is 6.83. The van der Waals surface area contributed by atoms with E-state index in [0.717, 1.165) is 31.4 Å². The standard InChI is InChI=1S/C24H24Cl2N4O/c1-16-5-3-14-30(21(16)11-10-18-9-8-17(25)15-29-18)24(31)22-19(6-2-7-20(22)26)23-27-12-4-13-28-23/h2,4,6-9,12-13,15-16,21H,3,5,10-11,14H2,1H3/t16-,21-/m1/s1. The summed E-state index contributed by atoms with van der Waals surface area (Å²) in [7, 11) is 0. The molecule has 31 heavy (non-hydrogen) atoms. The first kappa shape index (κ1) is 21.7. The van der Waals surface area contributed by atoms with Crippen molar-refractivity contribution in [1.82, 2.24) is 19.9 Å². The van der Waals surface area contributed by atoms with Gasteiger partial charge in [-0.15, -0.1) is 0 Å². The molecular weight excluding hydrogens is 431 g/mol. The average Bonchev–Trinajstić information content (AvgIpc) is 2.79. The molecule has 5 nitrogen and oxygen atoms in total. The highest BCUT2D eigenvalue weighted by Gasteiger charge is 2.34. The summed E-state index contributed by atoms with van der Waals surface area (Å²) in [5.41, 5.74) is 2.11. The Morgan fingerprint density at radius 3 is 2.65 bits per heavy atom. The number of benzene rings is 1. The van der Waals surface area contributed by atoms with Crippen LogP contribution < -0.4 is 0 Å². The molecule has 1 aliphatic heterocycles. The molecule has 0 unspecified atom stereocenters. The SMILES string of the molecule is C[C@@H]1CCCN(C(=O)c2c(Cl)cccc2-c2ncccn2)[C@@H]1CCc1ccc(Cl)cn1. The summed E-state index contributed by atoms with van der Waals surface area (Å²) in [6.07, 6.45) is 8.70. The van der Waals surface area contributed by atoms with E-state index in [0.29, 0.717) is 39.5 Å². The number of likely N-dealkylation sites (tertiary alicyclic amines) is 1. The van der Waals surface area contributed by atoms with Gasteiger partial charge >= 0.3 is 0 Å². The molecule has 2 aromatic heterocycles. The van der Waals surface area contributed by atoms with Crippen molar-refractivity contribution >= 4 is 29.1 Å². The molecule has 1 aliphatic rings. The molecule has 0 saturated carbocycles. The van der Waals surface area contributed by atoms with Crippen molar-refractivity contribution in [1.29, 1.82) is 0 Å². The third kappa shape index (κ3) is 4.89. The van der Waals surface area contributed by atoms with E-state index in [1.165, 1.54) is 0 Å². The van der Waals surface area contributed by atoms with Crippen LogP contribution >= 0.6 is 23.2 Å². The number of amides is 1. The summed E-state index contributed by atoms with van der Waals surface area (Å²) in [4.78, 5) is 28.8. The molecule has 0 aliphatic carbocycles. The lowest BCUT2D eigenvalue weighted by molar-refractivity contribution is 0.0500. The molecule has 160 valence electrons. The number of rotatable bonds is 5. The van der Waals surface area contributed by atoms with Gasteiger partial charge in [0.15, 0.2) is 5.82 Å². The van der Waals surface area contributed by atoms with Crippen LogP contribution in [0.15, 0.2) is 55.0 Å². The van der Waals surface area contributed by atoms with Crippen molar-refractivity contribution in [3.05, 3.63) is 76.3 Å². The fourth-order valence-electron chi connectivity index (χ4n) is 4.30. The van der Waals surface area contributed by atoms with Crippen LogP contribution in [0.5, 0.6) is 0 Å². The van der Waals surface area contributed by atoms with Crippen LogP contribution in [0.4, 0.5) is 0 Å². The number of piperidine rings is 1. The van der Waals surface area contributed by atoms with Gasteiger partial charge in [-0.25, -0.2) is 9.97 Å². The fraction of sp³-hybridized carbons (Fsp3) is 0.333. The lowest BCUT2D eigenvalue weighted by Gasteiger charge is -2.40. The summed E-state index contributed by atoms with van der Waals surface area (Å²) in [6.45, 7) is 2.93. The maximum absolute atomic E-state index is 13.8. The second kappa shape index (κ2) is 9.75. The van der Waals surface area contributed by atoms with Crippen LogP contribution in [-0.2, 0) is 6.42 Å². The molecule has 1 fully saturated rings. The third-order valence-electron chi connectivity index (χ3n) is 5.90. The van der Waals surface area contributed by atoms with Gasteiger partial charge in [0.1, 0.15) is 0 Å². The van der Waals surface area contributed by atoms with E-state index in [4.69, 9.17) is 23.2 Å². The second-order valence-corrected chi connectivity index (χ2v) is 8.77. The minimum Gasteiger partial charge on any atom is -0.335 e. The molecule has 3 aromatic rings. The van der Waals surface area contributed by atoms with Crippen molar-refractivity contribution in [2.24, 2.45) is 5.92 Å². The van der Waals surface area contributed by atoms with E-state index in [2.05, 4.69) is 21.9 Å². The molecule has 0 N–H and O–H groups in total. The zero-order valence-corrected chi connectivity index (χ0v) is 18.9.